The molecule has 190 valence electrons. The van der Waals surface area contributed by atoms with Gasteiger partial charge < -0.3 is 20.7 Å². The van der Waals surface area contributed by atoms with Crippen LogP contribution < -0.4 is 20.7 Å². The highest BCUT2D eigenvalue weighted by molar-refractivity contribution is 14.1. The smallest absolute Gasteiger partial charge is 0.247 e. The van der Waals surface area contributed by atoms with E-state index >= 15 is 0 Å². The first-order chi connectivity index (χ1) is 17.2. The molecule has 36 heavy (non-hydrogen) atoms. The number of alkyl halides is 1. The molecule has 2 aromatic carbocycles. The molecular formula is C24H25FIN5O4S. The van der Waals surface area contributed by atoms with Crippen LogP contribution in [0.5, 0.6) is 5.75 Å². The fraction of sp³-hybridized carbons (Fsp3) is 0.208. The van der Waals surface area contributed by atoms with Gasteiger partial charge in [-0.1, -0.05) is 41.3 Å². The Labute approximate surface area is 222 Å². The van der Waals surface area contributed by atoms with E-state index in [0.717, 1.165) is 17.8 Å². The highest BCUT2D eigenvalue weighted by atomic mass is 127. The number of halogens is 2. The summed E-state index contributed by atoms with van der Waals surface area (Å²) >= 11 is 2.22. The van der Waals surface area contributed by atoms with Crippen LogP contribution in [0.15, 0.2) is 61.3 Å². The second-order valence-corrected chi connectivity index (χ2v) is 10.7. The lowest BCUT2D eigenvalue weighted by Crippen LogP contribution is -2.09. The Hall–Kier alpha value is -3.26. The lowest BCUT2D eigenvalue weighted by atomic mass is 10.2. The molecule has 3 N–H and O–H groups in total. The summed E-state index contributed by atoms with van der Waals surface area (Å²) in [5.74, 6) is -0.258. The number of carbonyl (C=O) groups is 1. The van der Waals surface area contributed by atoms with E-state index in [9.17, 15) is 17.6 Å². The predicted molar refractivity (Wildman–Crippen MR) is 148 cm³/mol. The van der Waals surface area contributed by atoms with Crippen molar-refractivity contribution in [1.82, 2.24) is 9.97 Å². The van der Waals surface area contributed by atoms with Crippen molar-refractivity contribution >= 4 is 67.2 Å². The molecule has 0 fully saturated rings. The summed E-state index contributed by atoms with van der Waals surface area (Å²) in [5, 5.41) is 8.56. The molecule has 1 heterocycles. The van der Waals surface area contributed by atoms with Crippen molar-refractivity contribution in [2.45, 2.75) is 10.8 Å². The fourth-order valence-corrected chi connectivity index (χ4v) is 4.30. The van der Waals surface area contributed by atoms with E-state index in [-0.39, 0.29) is 30.0 Å². The Morgan fingerprint density at radius 1 is 1.17 bits per heavy atom. The highest BCUT2D eigenvalue weighted by Gasteiger charge is 2.11. The van der Waals surface area contributed by atoms with Gasteiger partial charge in [-0.15, -0.1) is 0 Å². The van der Waals surface area contributed by atoms with Crippen LogP contribution >= 0.6 is 22.6 Å². The summed E-state index contributed by atoms with van der Waals surface area (Å²) in [6.45, 7) is 3.67. The van der Waals surface area contributed by atoms with Gasteiger partial charge in [0.25, 0.3) is 0 Å². The molecular weight excluding hydrogens is 600 g/mol. The predicted octanol–water partition coefficient (Wildman–Crippen LogP) is 4.98. The quantitative estimate of drug-likeness (QED) is 0.112. The molecule has 0 aliphatic rings. The molecule has 3 rings (SSSR count). The maximum Gasteiger partial charge on any atom is 0.247 e. The van der Waals surface area contributed by atoms with Crippen LogP contribution in [0.3, 0.4) is 0 Å². The minimum atomic E-state index is -3.05. The Kier molecular flexibility index (Phi) is 9.58. The average Bonchev–Trinajstić information content (AvgIpc) is 2.83. The standard InChI is InChI=1S/C24H25FIN5O4S/c1-3-22(32)28-17-6-4-7-18(12-17)29-23-20(25)15-27-24(31-23)30-19-9-8-16(14-26)21(13-19)35-10-5-11-36(2,33)34/h3-4,6-9,12-13,15H,1,5,10-11,14H2,2H3,(H,28,32)(H2,27,29,30,31). The molecule has 0 atom stereocenters. The van der Waals surface area contributed by atoms with Crippen LogP contribution in [0.1, 0.15) is 12.0 Å². The molecule has 1 aromatic heterocycles. The highest BCUT2D eigenvalue weighted by Crippen LogP contribution is 2.28. The number of nitrogens with zero attached hydrogens (tertiary/aromatic N) is 2. The molecule has 0 saturated heterocycles. The van der Waals surface area contributed by atoms with E-state index in [1.54, 1.807) is 30.3 Å². The molecule has 1 amide bonds. The molecule has 9 nitrogen and oxygen atoms in total. The zero-order valence-corrected chi connectivity index (χ0v) is 22.4. The van der Waals surface area contributed by atoms with E-state index < -0.39 is 15.7 Å². The summed E-state index contributed by atoms with van der Waals surface area (Å²) in [7, 11) is -3.05. The van der Waals surface area contributed by atoms with E-state index in [4.69, 9.17) is 4.74 Å². The normalized spacial score (nSPS) is 11.0. The van der Waals surface area contributed by atoms with Gasteiger partial charge >= 0.3 is 0 Å². The number of aromatic nitrogens is 2. The third-order valence-corrected chi connectivity index (χ3v) is 6.56. The maximum atomic E-state index is 14.4. The van der Waals surface area contributed by atoms with Crippen molar-refractivity contribution < 1.29 is 22.3 Å². The van der Waals surface area contributed by atoms with Crippen molar-refractivity contribution in [2.24, 2.45) is 0 Å². The molecule has 0 bridgehead atoms. The summed E-state index contributed by atoms with van der Waals surface area (Å²) in [5.41, 5.74) is 2.59. The average molecular weight is 625 g/mol. The van der Waals surface area contributed by atoms with Crippen LogP contribution in [0.2, 0.25) is 0 Å². The Bertz CT molecular complexity index is 1350. The first-order valence-electron chi connectivity index (χ1n) is 10.8. The number of hydrogen-bond donors (Lipinski definition) is 3. The molecule has 0 saturated carbocycles. The molecule has 0 aliphatic heterocycles. The van der Waals surface area contributed by atoms with Crippen LogP contribution in [-0.4, -0.2) is 42.9 Å². The second kappa shape index (κ2) is 12.6. The first-order valence-corrected chi connectivity index (χ1v) is 14.3. The van der Waals surface area contributed by atoms with Crippen molar-refractivity contribution in [3.8, 4) is 5.75 Å². The lowest BCUT2D eigenvalue weighted by Gasteiger charge is -2.13. The van der Waals surface area contributed by atoms with E-state index in [0.29, 0.717) is 33.7 Å². The van der Waals surface area contributed by atoms with Gasteiger partial charge in [0.05, 0.1) is 18.6 Å². The van der Waals surface area contributed by atoms with Gasteiger partial charge in [0, 0.05) is 39.4 Å². The van der Waals surface area contributed by atoms with Crippen molar-refractivity contribution in [3.05, 3.63) is 72.7 Å². The van der Waals surface area contributed by atoms with Crippen molar-refractivity contribution in [2.75, 3.05) is 34.6 Å². The van der Waals surface area contributed by atoms with Gasteiger partial charge in [0.1, 0.15) is 15.6 Å². The number of carbonyl (C=O) groups excluding carboxylic acids is 1. The van der Waals surface area contributed by atoms with Crippen LogP contribution in [-0.2, 0) is 19.1 Å². The minimum Gasteiger partial charge on any atom is -0.493 e. The van der Waals surface area contributed by atoms with Gasteiger partial charge in [-0.05, 0) is 36.8 Å². The van der Waals surface area contributed by atoms with Crippen LogP contribution in [0.25, 0.3) is 0 Å². The maximum absolute atomic E-state index is 14.4. The second-order valence-electron chi connectivity index (χ2n) is 7.70. The largest absolute Gasteiger partial charge is 0.493 e. The van der Waals surface area contributed by atoms with Gasteiger partial charge in [-0.3, -0.25) is 4.79 Å². The number of amides is 1. The molecule has 0 aliphatic carbocycles. The number of benzene rings is 2. The lowest BCUT2D eigenvalue weighted by molar-refractivity contribution is -0.111. The fourth-order valence-electron chi connectivity index (χ4n) is 3.03. The third kappa shape index (κ3) is 8.45. The zero-order valence-electron chi connectivity index (χ0n) is 19.4. The number of sulfone groups is 1. The van der Waals surface area contributed by atoms with E-state index in [2.05, 4.69) is 55.1 Å². The van der Waals surface area contributed by atoms with Gasteiger partial charge in [0.2, 0.25) is 11.9 Å². The Balaban J connectivity index is 1.73. The number of rotatable bonds is 12. The number of ether oxygens (including phenoxy) is 1. The zero-order chi connectivity index (χ0) is 26.1. The SMILES string of the molecule is C=CC(=O)Nc1cccc(Nc2nc(Nc3ccc(CI)c(OCCCS(C)(=O)=O)c3)ncc2F)c1. The number of hydrogen-bond acceptors (Lipinski definition) is 8. The van der Waals surface area contributed by atoms with Crippen molar-refractivity contribution in [3.63, 3.8) is 0 Å². The third-order valence-electron chi connectivity index (χ3n) is 4.71. The summed E-state index contributed by atoms with van der Waals surface area (Å²) in [6, 6.07) is 12.2. The molecule has 0 unspecified atom stereocenters. The molecule has 3 aromatic rings. The monoisotopic (exact) mass is 625 g/mol. The van der Waals surface area contributed by atoms with Gasteiger partial charge in [-0.25, -0.2) is 17.8 Å². The summed E-state index contributed by atoms with van der Waals surface area (Å²) in [4.78, 5) is 19.8. The Morgan fingerprint density at radius 3 is 2.64 bits per heavy atom. The van der Waals surface area contributed by atoms with Gasteiger partial charge in [0.15, 0.2) is 11.6 Å². The van der Waals surface area contributed by atoms with E-state index in [1.165, 1.54) is 6.26 Å². The summed E-state index contributed by atoms with van der Waals surface area (Å²) in [6.07, 6.45) is 3.77. The topological polar surface area (TPSA) is 122 Å². The van der Waals surface area contributed by atoms with Gasteiger partial charge in [-0.2, -0.15) is 4.98 Å². The van der Waals surface area contributed by atoms with Crippen LogP contribution in [0.4, 0.5) is 33.2 Å². The number of nitrogens with one attached hydrogen (secondary N) is 3. The van der Waals surface area contributed by atoms with E-state index in [1.807, 2.05) is 12.1 Å². The summed E-state index contributed by atoms with van der Waals surface area (Å²) < 4.78 is 43.6. The minimum absolute atomic E-state index is 0.0488. The number of anilines is 5. The Morgan fingerprint density at radius 2 is 1.92 bits per heavy atom. The molecule has 12 heteroatoms. The van der Waals surface area contributed by atoms with Crippen LogP contribution in [0, 0.1) is 5.82 Å². The van der Waals surface area contributed by atoms with Crippen molar-refractivity contribution in [1.29, 1.82) is 0 Å². The molecule has 0 spiro atoms. The first kappa shape index (κ1) is 27.3. The molecule has 0 radical (unpaired) electrons.